The molecule has 0 aliphatic rings. The van der Waals surface area contributed by atoms with E-state index in [-0.39, 0.29) is 16.5 Å². The lowest BCUT2D eigenvalue weighted by Crippen LogP contribution is -2.23. The minimum Gasteiger partial charge on any atom is -0.452 e. The zero-order valence-electron chi connectivity index (χ0n) is 16.0. The van der Waals surface area contributed by atoms with E-state index in [0.29, 0.717) is 11.6 Å². The number of rotatable bonds is 6. The second kappa shape index (κ2) is 8.71. The lowest BCUT2D eigenvalue weighted by molar-refractivity contribution is -0.385. The first-order chi connectivity index (χ1) is 14.2. The van der Waals surface area contributed by atoms with Gasteiger partial charge in [0.25, 0.3) is 11.6 Å². The number of non-ortho nitro benzene ring substituents is 1. The van der Waals surface area contributed by atoms with Gasteiger partial charge in [-0.15, -0.1) is 0 Å². The summed E-state index contributed by atoms with van der Waals surface area (Å²) in [5.74, 6) is -2.19. The number of hydrogen-bond donors (Lipinski definition) is 1. The van der Waals surface area contributed by atoms with Crippen molar-refractivity contribution in [1.82, 2.24) is 0 Å². The molecule has 2 aromatic rings. The Bertz CT molecular complexity index is 1160. The number of ether oxygens (including phenoxy) is 1. The van der Waals surface area contributed by atoms with Crippen LogP contribution in [0.4, 0.5) is 24.5 Å². The highest BCUT2D eigenvalue weighted by atomic mass is 32.2. The summed E-state index contributed by atoms with van der Waals surface area (Å²) in [5, 5.41) is 12.6. The maximum Gasteiger partial charge on any atom is 0.418 e. The van der Waals surface area contributed by atoms with Gasteiger partial charge in [0.05, 0.1) is 26.6 Å². The van der Waals surface area contributed by atoms with E-state index in [4.69, 9.17) is 4.74 Å². The SMILES string of the molecule is Cc1ccc(S(C)(=O)=O)cc1C(=O)OCC(=O)Nc1ccc([N+](=O)[O-])cc1C(F)(F)F. The van der Waals surface area contributed by atoms with Crippen LogP contribution in [-0.2, 0) is 25.5 Å². The second-order valence-electron chi connectivity index (χ2n) is 6.36. The molecule has 31 heavy (non-hydrogen) atoms. The molecule has 166 valence electrons. The molecule has 0 saturated heterocycles. The summed E-state index contributed by atoms with van der Waals surface area (Å²) in [7, 11) is -3.62. The molecule has 0 bridgehead atoms. The largest absolute Gasteiger partial charge is 0.452 e. The lowest BCUT2D eigenvalue weighted by atomic mass is 10.1. The zero-order chi connectivity index (χ0) is 23.6. The van der Waals surface area contributed by atoms with Crippen molar-refractivity contribution in [1.29, 1.82) is 0 Å². The molecule has 0 spiro atoms. The number of nitro groups is 1. The van der Waals surface area contributed by atoms with E-state index in [1.807, 2.05) is 5.32 Å². The summed E-state index contributed by atoms with van der Waals surface area (Å²) in [6, 6.07) is 5.45. The molecule has 2 rings (SSSR count). The predicted molar refractivity (Wildman–Crippen MR) is 101 cm³/mol. The van der Waals surface area contributed by atoms with Crippen LogP contribution >= 0.6 is 0 Å². The molecule has 0 heterocycles. The molecule has 0 unspecified atom stereocenters. The average Bonchev–Trinajstić information content (AvgIpc) is 2.64. The summed E-state index contributed by atoms with van der Waals surface area (Å²) in [5.41, 5.74) is -2.81. The van der Waals surface area contributed by atoms with Crippen LogP contribution in [0.5, 0.6) is 0 Å². The summed E-state index contributed by atoms with van der Waals surface area (Å²) < 4.78 is 67.4. The Balaban J connectivity index is 2.16. The van der Waals surface area contributed by atoms with Crippen molar-refractivity contribution in [2.45, 2.75) is 18.0 Å². The third-order valence-corrected chi connectivity index (χ3v) is 5.10. The third kappa shape index (κ3) is 6.01. The van der Waals surface area contributed by atoms with E-state index >= 15 is 0 Å². The fourth-order valence-electron chi connectivity index (χ4n) is 2.44. The van der Waals surface area contributed by atoms with Crippen LogP contribution in [0.15, 0.2) is 41.3 Å². The van der Waals surface area contributed by atoms with E-state index in [1.165, 1.54) is 19.1 Å². The summed E-state index contributed by atoms with van der Waals surface area (Å²) in [6.45, 7) is 0.519. The standard InChI is InChI=1S/C18H15F3N2O7S/c1-10-3-5-12(31(2,28)29)8-13(10)17(25)30-9-16(24)22-15-6-4-11(23(26)27)7-14(15)18(19,20)21/h3-8H,9H2,1-2H3,(H,22,24). The van der Waals surface area contributed by atoms with Crippen molar-refractivity contribution in [2.24, 2.45) is 0 Å². The number of halogens is 3. The number of amides is 1. The Morgan fingerprint density at radius 1 is 1.16 bits per heavy atom. The smallest absolute Gasteiger partial charge is 0.418 e. The molecule has 1 N–H and O–H groups in total. The molecule has 9 nitrogen and oxygen atoms in total. The number of esters is 1. The highest BCUT2D eigenvalue weighted by molar-refractivity contribution is 7.90. The quantitative estimate of drug-likeness (QED) is 0.398. The molecule has 0 aromatic heterocycles. The monoisotopic (exact) mass is 460 g/mol. The van der Waals surface area contributed by atoms with Gasteiger partial charge in [0, 0.05) is 18.4 Å². The van der Waals surface area contributed by atoms with Crippen LogP contribution in [0, 0.1) is 17.0 Å². The van der Waals surface area contributed by atoms with Crippen LogP contribution in [0.1, 0.15) is 21.5 Å². The number of carbonyl (C=O) groups excluding carboxylic acids is 2. The maximum atomic E-state index is 13.1. The van der Waals surface area contributed by atoms with Gasteiger partial charge < -0.3 is 10.1 Å². The summed E-state index contributed by atoms with van der Waals surface area (Å²) in [4.78, 5) is 33.7. The van der Waals surface area contributed by atoms with Crippen LogP contribution in [-0.4, -0.2) is 38.1 Å². The summed E-state index contributed by atoms with van der Waals surface area (Å²) >= 11 is 0. The molecule has 13 heteroatoms. The molecule has 1 amide bonds. The van der Waals surface area contributed by atoms with E-state index < -0.39 is 56.4 Å². The number of aryl methyl sites for hydroxylation is 1. The Kier molecular flexibility index (Phi) is 6.69. The van der Waals surface area contributed by atoms with Gasteiger partial charge in [-0.2, -0.15) is 13.2 Å². The van der Waals surface area contributed by atoms with E-state index in [0.717, 1.165) is 18.4 Å². The first-order valence-electron chi connectivity index (χ1n) is 8.33. The lowest BCUT2D eigenvalue weighted by Gasteiger charge is -2.14. The molecule has 0 atom stereocenters. The van der Waals surface area contributed by atoms with Crippen LogP contribution < -0.4 is 5.32 Å². The molecule has 0 radical (unpaired) electrons. The van der Waals surface area contributed by atoms with E-state index in [2.05, 4.69) is 0 Å². The summed E-state index contributed by atoms with van der Waals surface area (Å²) in [6.07, 6.45) is -4.06. The number of nitrogens with zero attached hydrogens (tertiary/aromatic N) is 1. The molecule has 0 aliphatic heterocycles. The number of sulfone groups is 1. The molecule has 0 saturated carbocycles. The molecule has 0 fully saturated rings. The minimum absolute atomic E-state index is 0.137. The maximum absolute atomic E-state index is 13.1. The van der Waals surface area contributed by atoms with Gasteiger partial charge in [-0.25, -0.2) is 13.2 Å². The topological polar surface area (TPSA) is 133 Å². The van der Waals surface area contributed by atoms with Crippen molar-refractivity contribution >= 4 is 33.1 Å². The Labute approximate surface area is 173 Å². The predicted octanol–water partition coefficient (Wildman–Crippen LogP) is 3.12. The third-order valence-electron chi connectivity index (χ3n) is 3.98. The fourth-order valence-corrected chi connectivity index (χ4v) is 3.08. The van der Waals surface area contributed by atoms with Crippen molar-refractivity contribution in [3.8, 4) is 0 Å². The molecular formula is C18H15F3N2O7S. The van der Waals surface area contributed by atoms with Gasteiger partial charge in [0.15, 0.2) is 16.4 Å². The van der Waals surface area contributed by atoms with E-state index in [9.17, 15) is 41.3 Å². The molecule has 2 aromatic carbocycles. The van der Waals surface area contributed by atoms with E-state index in [1.54, 1.807) is 0 Å². The number of nitrogens with one attached hydrogen (secondary N) is 1. The fraction of sp³-hybridized carbons (Fsp3) is 0.222. The molecular weight excluding hydrogens is 445 g/mol. The van der Waals surface area contributed by atoms with Crippen LogP contribution in [0.3, 0.4) is 0 Å². The first-order valence-corrected chi connectivity index (χ1v) is 10.2. The number of carbonyl (C=O) groups is 2. The Morgan fingerprint density at radius 2 is 1.81 bits per heavy atom. The first kappa shape index (κ1) is 23.8. The number of alkyl halides is 3. The minimum atomic E-state index is -4.99. The van der Waals surface area contributed by atoms with Gasteiger partial charge in [0.2, 0.25) is 0 Å². The number of benzene rings is 2. The van der Waals surface area contributed by atoms with Crippen molar-refractivity contribution in [2.75, 3.05) is 18.2 Å². The number of anilines is 1. The van der Waals surface area contributed by atoms with Crippen LogP contribution in [0.25, 0.3) is 0 Å². The van der Waals surface area contributed by atoms with Crippen molar-refractivity contribution in [3.63, 3.8) is 0 Å². The zero-order valence-corrected chi connectivity index (χ0v) is 16.8. The van der Waals surface area contributed by atoms with Gasteiger partial charge in [0.1, 0.15) is 0 Å². The molecule has 0 aliphatic carbocycles. The highest BCUT2D eigenvalue weighted by Crippen LogP contribution is 2.37. The van der Waals surface area contributed by atoms with Crippen LogP contribution in [0.2, 0.25) is 0 Å². The number of nitro benzene ring substituents is 1. The average molecular weight is 460 g/mol. The van der Waals surface area contributed by atoms with Gasteiger partial charge in [-0.3, -0.25) is 14.9 Å². The van der Waals surface area contributed by atoms with Gasteiger partial charge in [-0.1, -0.05) is 6.07 Å². The Morgan fingerprint density at radius 3 is 2.35 bits per heavy atom. The van der Waals surface area contributed by atoms with Crippen molar-refractivity contribution in [3.05, 3.63) is 63.2 Å². The number of hydrogen-bond acceptors (Lipinski definition) is 7. The Hall–Kier alpha value is -3.48. The second-order valence-corrected chi connectivity index (χ2v) is 8.37. The van der Waals surface area contributed by atoms with Gasteiger partial charge in [-0.05, 0) is 30.7 Å². The van der Waals surface area contributed by atoms with Gasteiger partial charge >= 0.3 is 12.1 Å². The highest BCUT2D eigenvalue weighted by Gasteiger charge is 2.35. The normalized spacial score (nSPS) is 11.6. The van der Waals surface area contributed by atoms with Crippen molar-refractivity contribution < 1.29 is 40.8 Å².